The van der Waals surface area contributed by atoms with Gasteiger partial charge in [0.15, 0.2) is 0 Å². The number of thioether (sulfide) groups is 1. The Morgan fingerprint density at radius 1 is 0.926 bits per heavy atom. The molecule has 0 aliphatic carbocycles. The second kappa shape index (κ2) is 12.6. The van der Waals surface area contributed by atoms with Crippen molar-refractivity contribution in [1.29, 1.82) is 0 Å². The van der Waals surface area contributed by atoms with E-state index >= 15 is 0 Å². The van der Waals surface area contributed by atoms with Crippen molar-refractivity contribution in [3.8, 4) is 0 Å². The highest BCUT2D eigenvalue weighted by atomic mass is 32.2. The van der Waals surface area contributed by atoms with Crippen LogP contribution in [0.15, 0.2) is 0 Å². The Kier molecular flexibility index (Phi) is 11.7. The topological polar surface area (TPSA) is 151 Å². The lowest BCUT2D eigenvalue weighted by atomic mass is 10.0. The van der Waals surface area contributed by atoms with Crippen molar-refractivity contribution in [1.82, 2.24) is 16.0 Å². The first-order valence-electron chi connectivity index (χ1n) is 8.88. The van der Waals surface area contributed by atoms with Crippen molar-refractivity contribution < 1.29 is 24.3 Å². The number of carboxylic acid groups (broad SMARTS) is 1. The lowest BCUT2D eigenvalue weighted by molar-refractivity contribution is -0.141. The molecule has 0 heterocycles. The summed E-state index contributed by atoms with van der Waals surface area (Å²) in [6.07, 6.45) is 2.73. The molecule has 0 aromatic rings. The van der Waals surface area contributed by atoms with Gasteiger partial charge in [-0.15, -0.1) is 0 Å². The van der Waals surface area contributed by atoms with Gasteiger partial charge in [0.2, 0.25) is 17.7 Å². The third kappa shape index (κ3) is 10.2. The van der Waals surface area contributed by atoms with E-state index in [0.29, 0.717) is 12.8 Å². The number of hydrogen-bond donors (Lipinski definition) is 5. The Labute approximate surface area is 164 Å². The number of nitrogens with one attached hydrogen (secondary N) is 3. The molecule has 0 aromatic carbocycles. The van der Waals surface area contributed by atoms with E-state index in [-0.39, 0.29) is 5.92 Å². The Bertz CT molecular complexity index is 529. The van der Waals surface area contributed by atoms with Gasteiger partial charge >= 0.3 is 5.97 Å². The van der Waals surface area contributed by atoms with Crippen molar-refractivity contribution >= 4 is 35.5 Å². The first-order valence-corrected chi connectivity index (χ1v) is 10.3. The summed E-state index contributed by atoms with van der Waals surface area (Å²) in [6.45, 7) is 6.60. The van der Waals surface area contributed by atoms with Gasteiger partial charge in [0.25, 0.3) is 0 Å². The summed E-state index contributed by atoms with van der Waals surface area (Å²) in [4.78, 5) is 47.6. The molecule has 0 fully saturated rings. The number of aliphatic carboxylic acids is 1. The van der Waals surface area contributed by atoms with E-state index in [2.05, 4.69) is 16.0 Å². The number of amides is 3. The molecule has 156 valence electrons. The normalized spacial score (nSPS) is 15.4. The number of carbonyl (C=O) groups is 4. The van der Waals surface area contributed by atoms with Crippen LogP contribution in [0, 0.1) is 5.92 Å². The fourth-order valence-corrected chi connectivity index (χ4v) is 2.63. The van der Waals surface area contributed by atoms with E-state index in [1.807, 2.05) is 20.1 Å². The van der Waals surface area contributed by atoms with E-state index in [9.17, 15) is 19.2 Å². The number of hydrogen-bond acceptors (Lipinski definition) is 6. The minimum Gasteiger partial charge on any atom is -0.480 e. The molecule has 0 aromatic heterocycles. The van der Waals surface area contributed by atoms with Gasteiger partial charge in [-0.05, 0) is 44.6 Å². The van der Waals surface area contributed by atoms with Crippen molar-refractivity contribution in [2.75, 3.05) is 12.0 Å². The molecule has 0 aliphatic heterocycles. The van der Waals surface area contributed by atoms with E-state index in [1.165, 1.54) is 13.8 Å². The maximum atomic E-state index is 12.4. The third-order valence-electron chi connectivity index (χ3n) is 3.79. The average molecular weight is 405 g/mol. The summed E-state index contributed by atoms with van der Waals surface area (Å²) >= 11 is 1.57. The minimum absolute atomic E-state index is 0.0889. The fraction of sp³-hybridized carbons (Fsp3) is 0.765. The molecule has 0 spiro atoms. The van der Waals surface area contributed by atoms with Gasteiger partial charge in [0.05, 0.1) is 6.04 Å². The molecule has 27 heavy (non-hydrogen) atoms. The fourth-order valence-electron chi connectivity index (χ4n) is 2.14. The molecule has 3 amide bonds. The second-order valence-electron chi connectivity index (χ2n) is 6.88. The summed E-state index contributed by atoms with van der Waals surface area (Å²) in [5.41, 5.74) is 5.77. The van der Waals surface area contributed by atoms with Crippen LogP contribution >= 0.6 is 11.8 Å². The predicted octanol–water partition coefficient (Wildman–Crippen LogP) is -0.308. The van der Waals surface area contributed by atoms with Crippen LogP contribution in [-0.4, -0.2) is 65.0 Å². The van der Waals surface area contributed by atoms with Gasteiger partial charge in [-0.1, -0.05) is 13.8 Å². The van der Waals surface area contributed by atoms with E-state index < -0.39 is 47.9 Å². The third-order valence-corrected chi connectivity index (χ3v) is 4.44. The van der Waals surface area contributed by atoms with Gasteiger partial charge in [-0.2, -0.15) is 11.8 Å². The highest BCUT2D eigenvalue weighted by Gasteiger charge is 2.27. The first-order chi connectivity index (χ1) is 12.5. The van der Waals surface area contributed by atoms with Crippen LogP contribution in [0.3, 0.4) is 0 Å². The van der Waals surface area contributed by atoms with Crippen molar-refractivity contribution in [3.63, 3.8) is 0 Å². The number of carboxylic acids is 1. The summed E-state index contributed by atoms with van der Waals surface area (Å²) in [5.74, 6) is -1.90. The van der Waals surface area contributed by atoms with Crippen LogP contribution in [-0.2, 0) is 19.2 Å². The quantitative estimate of drug-likeness (QED) is 0.299. The van der Waals surface area contributed by atoms with Gasteiger partial charge in [-0.25, -0.2) is 0 Å². The van der Waals surface area contributed by atoms with Gasteiger partial charge in [0.1, 0.15) is 18.1 Å². The minimum atomic E-state index is -1.17. The Morgan fingerprint density at radius 3 is 1.96 bits per heavy atom. The highest BCUT2D eigenvalue weighted by Crippen LogP contribution is 2.06. The van der Waals surface area contributed by atoms with Crippen molar-refractivity contribution in [2.24, 2.45) is 11.7 Å². The second-order valence-corrected chi connectivity index (χ2v) is 7.86. The summed E-state index contributed by atoms with van der Waals surface area (Å²) in [6, 6.07) is -3.56. The Hall–Kier alpha value is -1.81. The van der Waals surface area contributed by atoms with Crippen molar-refractivity contribution in [3.05, 3.63) is 0 Å². The zero-order valence-corrected chi connectivity index (χ0v) is 17.4. The van der Waals surface area contributed by atoms with Gasteiger partial charge in [0, 0.05) is 0 Å². The molecule has 10 heteroatoms. The summed E-state index contributed by atoms with van der Waals surface area (Å²) < 4.78 is 0. The molecule has 6 N–H and O–H groups in total. The Morgan fingerprint density at radius 2 is 1.48 bits per heavy atom. The molecule has 0 rings (SSSR count). The monoisotopic (exact) mass is 404 g/mol. The zero-order valence-electron chi connectivity index (χ0n) is 16.6. The molecule has 0 radical (unpaired) electrons. The molecule has 4 unspecified atom stereocenters. The summed E-state index contributed by atoms with van der Waals surface area (Å²) in [5, 5.41) is 16.4. The molecular formula is C17H32N4O5S. The van der Waals surface area contributed by atoms with Crippen LogP contribution in [0.1, 0.15) is 40.5 Å². The van der Waals surface area contributed by atoms with Crippen molar-refractivity contribution in [2.45, 2.75) is 64.7 Å². The highest BCUT2D eigenvalue weighted by molar-refractivity contribution is 7.98. The van der Waals surface area contributed by atoms with E-state index in [1.54, 1.807) is 11.8 Å². The average Bonchev–Trinajstić information content (AvgIpc) is 2.57. The van der Waals surface area contributed by atoms with E-state index in [0.717, 1.165) is 5.75 Å². The molecule has 0 bridgehead atoms. The molecule has 0 saturated heterocycles. The lowest BCUT2D eigenvalue weighted by Crippen LogP contribution is -2.56. The number of nitrogens with two attached hydrogens (primary N) is 1. The standard InChI is InChI=1S/C17H32N4O5S/c1-9(2)8-13(16(24)20-11(4)17(25)26)21-14(22)10(3)19-15(23)12(18)6-7-27-5/h9-13H,6-8,18H2,1-5H3,(H,19,23)(H,20,24)(H,21,22)(H,25,26). The number of carbonyl (C=O) groups excluding carboxylic acids is 3. The van der Waals surface area contributed by atoms with Crippen LogP contribution in [0.2, 0.25) is 0 Å². The maximum Gasteiger partial charge on any atom is 0.325 e. The molecule has 0 aliphatic rings. The molecule has 0 saturated carbocycles. The van der Waals surface area contributed by atoms with Gasteiger partial charge < -0.3 is 26.8 Å². The predicted molar refractivity (Wildman–Crippen MR) is 105 cm³/mol. The van der Waals surface area contributed by atoms with Crippen LogP contribution in [0.5, 0.6) is 0 Å². The zero-order chi connectivity index (χ0) is 21.1. The maximum absolute atomic E-state index is 12.4. The number of rotatable bonds is 12. The summed E-state index contributed by atoms with van der Waals surface area (Å²) in [7, 11) is 0. The van der Waals surface area contributed by atoms with Crippen LogP contribution in [0.4, 0.5) is 0 Å². The Balaban J connectivity index is 4.85. The SMILES string of the molecule is CSCCC(N)C(=O)NC(C)C(=O)NC(CC(C)C)C(=O)NC(C)C(=O)O. The largest absolute Gasteiger partial charge is 0.480 e. The molecule has 9 nitrogen and oxygen atoms in total. The van der Waals surface area contributed by atoms with Crippen LogP contribution in [0.25, 0.3) is 0 Å². The van der Waals surface area contributed by atoms with Crippen LogP contribution < -0.4 is 21.7 Å². The van der Waals surface area contributed by atoms with E-state index in [4.69, 9.17) is 10.8 Å². The molecule has 4 atom stereocenters. The van der Waals surface area contributed by atoms with Gasteiger partial charge in [-0.3, -0.25) is 19.2 Å². The molecular weight excluding hydrogens is 372 g/mol. The smallest absolute Gasteiger partial charge is 0.325 e. The first kappa shape index (κ1) is 25.2. The lowest BCUT2D eigenvalue weighted by Gasteiger charge is -2.24.